The van der Waals surface area contributed by atoms with Crippen molar-refractivity contribution in [3.63, 3.8) is 0 Å². The molecule has 4 atom stereocenters. The second-order valence-corrected chi connectivity index (χ2v) is 11.6. The molecule has 214 valence electrons. The number of nitrogens with zero attached hydrogens (tertiary/aromatic N) is 1. The molecule has 7 N–H and O–H groups in total. The highest BCUT2D eigenvalue weighted by molar-refractivity contribution is 6.24. The van der Waals surface area contributed by atoms with Gasteiger partial charge in [0, 0.05) is 23.1 Å². The van der Waals surface area contributed by atoms with Crippen LogP contribution in [0.4, 0.5) is 0 Å². The molecule has 0 radical (unpaired) electrons. The number of carbonyl (C=O) groups is 4. The number of fused-ring (bicyclic) bond motifs is 3. The van der Waals surface area contributed by atoms with Crippen LogP contribution in [-0.2, 0) is 20.8 Å². The van der Waals surface area contributed by atoms with Gasteiger partial charge in [0.25, 0.3) is 5.91 Å². The van der Waals surface area contributed by atoms with Gasteiger partial charge in [-0.15, -0.1) is 0 Å². The van der Waals surface area contributed by atoms with E-state index in [0.717, 1.165) is 25.7 Å². The van der Waals surface area contributed by atoms with Gasteiger partial charge in [-0.05, 0) is 63.4 Å². The Morgan fingerprint density at radius 1 is 1.10 bits per heavy atom. The second-order valence-electron chi connectivity index (χ2n) is 11.6. The summed E-state index contributed by atoms with van der Waals surface area (Å²) >= 11 is 0. The van der Waals surface area contributed by atoms with E-state index in [1.54, 1.807) is 14.1 Å². The van der Waals surface area contributed by atoms with Crippen molar-refractivity contribution in [1.82, 2.24) is 10.2 Å². The molecule has 4 aliphatic carbocycles. The Bertz CT molecular complexity index is 1370. The molecule has 0 bridgehead atoms. The van der Waals surface area contributed by atoms with E-state index in [9.17, 15) is 39.6 Å². The normalized spacial score (nSPS) is 28.9. The van der Waals surface area contributed by atoms with E-state index in [0.29, 0.717) is 11.1 Å². The molecule has 0 aromatic heterocycles. The molecule has 11 nitrogen and oxygen atoms in total. The predicted molar refractivity (Wildman–Crippen MR) is 143 cm³/mol. The molecule has 11 heteroatoms. The first-order valence-corrected chi connectivity index (χ1v) is 13.7. The molecular formula is C29H35N3O8. The zero-order valence-corrected chi connectivity index (χ0v) is 22.6. The fraction of sp³-hybridized carbons (Fsp3) is 0.517. The van der Waals surface area contributed by atoms with Gasteiger partial charge in [-0.25, -0.2) is 0 Å². The molecule has 2 fully saturated rings. The molecule has 1 aromatic rings. The van der Waals surface area contributed by atoms with Crippen LogP contribution < -0.4 is 11.1 Å². The van der Waals surface area contributed by atoms with Crippen molar-refractivity contribution in [2.45, 2.75) is 62.6 Å². The number of ketones is 3. The number of phenols is 1. The molecule has 0 heterocycles. The summed E-state index contributed by atoms with van der Waals surface area (Å²) in [5.74, 6) is -7.39. The lowest BCUT2D eigenvalue weighted by molar-refractivity contribution is -0.153. The summed E-state index contributed by atoms with van der Waals surface area (Å²) in [5, 5.41) is 47.9. The highest BCUT2D eigenvalue weighted by Gasteiger charge is 2.64. The number of amides is 1. The van der Waals surface area contributed by atoms with E-state index in [2.05, 4.69) is 5.32 Å². The number of likely N-dealkylation sites (N-methyl/N-ethyl adjacent to an activating group) is 1. The average Bonchev–Trinajstić information content (AvgIpc) is 2.89. The number of nitrogens with two attached hydrogens (primary N) is 1. The van der Waals surface area contributed by atoms with E-state index in [4.69, 9.17) is 5.73 Å². The molecule has 4 aliphatic rings. The number of aliphatic hydroxyl groups excluding tert-OH is 2. The Kier molecular flexibility index (Phi) is 7.10. The topological polar surface area (TPSA) is 190 Å². The molecule has 0 unspecified atom stereocenters. The van der Waals surface area contributed by atoms with Crippen LogP contribution in [0, 0.1) is 11.8 Å². The first-order chi connectivity index (χ1) is 18.9. The first-order valence-electron chi connectivity index (χ1n) is 13.7. The lowest BCUT2D eigenvalue weighted by Crippen LogP contribution is -2.65. The maximum atomic E-state index is 13.9. The summed E-state index contributed by atoms with van der Waals surface area (Å²) in [7, 11) is 3.09. The van der Waals surface area contributed by atoms with Gasteiger partial charge in [-0.1, -0.05) is 19.3 Å². The van der Waals surface area contributed by atoms with Crippen molar-refractivity contribution in [1.29, 1.82) is 0 Å². The lowest BCUT2D eigenvalue weighted by Gasteiger charge is -2.50. The van der Waals surface area contributed by atoms with Crippen LogP contribution in [-0.4, -0.2) is 86.9 Å². The number of primary amides is 1. The van der Waals surface area contributed by atoms with Gasteiger partial charge in [0.1, 0.15) is 22.8 Å². The maximum absolute atomic E-state index is 13.9. The molecule has 2 saturated carbocycles. The largest absolute Gasteiger partial charge is 0.508 e. The van der Waals surface area contributed by atoms with Crippen LogP contribution in [0.25, 0.3) is 5.76 Å². The minimum atomic E-state index is -2.70. The van der Waals surface area contributed by atoms with E-state index < -0.39 is 58.0 Å². The zero-order valence-electron chi connectivity index (χ0n) is 22.6. The van der Waals surface area contributed by atoms with Crippen LogP contribution in [0.2, 0.25) is 0 Å². The third-order valence-electron chi connectivity index (χ3n) is 9.06. The Balaban J connectivity index is 1.58. The average molecular weight is 554 g/mol. The van der Waals surface area contributed by atoms with Crippen molar-refractivity contribution in [2.24, 2.45) is 17.6 Å². The fourth-order valence-electron chi connectivity index (χ4n) is 7.14. The molecular weight excluding hydrogens is 518 g/mol. The number of benzene rings is 1. The summed E-state index contributed by atoms with van der Waals surface area (Å²) in [6.07, 6.45) is 5.42. The predicted octanol–water partition coefficient (Wildman–Crippen LogP) is 1.07. The van der Waals surface area contributed by atoms with Gasteiger partial charge in [0.05, 0.1) is 18.2 Å². The minimum absolute atomic E-state index is 0.0324. The lowest BCUT2D eigenvalue weighted by atomic mass is 9.57. The number of hydrogen-bond acceptors (Lipinski definition) is 10. The Hall–Kier alpha value is -3.54. The standard InChI is InChI=1S/C29H35N3O8/c1-32(2)23-17-11-13-10-16-15(19(34)12-31-14-6-4-3-5-7-14)8-9-18(33)21(16)24(35)20(13)26(37)29(17,40)27(38)22(25(23)36)28(30)39/h8-9,13-14,17,23,31,33,35,38,40H,3-7,10-12H2,1-2H3,(H2,30,39)/t13-,17-,23-,29-/m0/s1. The molecule has 0 aliphatic heterocycles. The van der Waals surface area contributed by atoms with Crippen molar-refractivity contribution in [3.8, 4) is 5.75 Å². The number of hydrogen-bond donors (Lipinski definition) is 6. The number of rotatable bonds is 6. The van der Waals surface area contributed by atoms with Crippen molar-refractivity contribution in [2.75, 3.05) is 20.6 Å². The van der Waals surface area contributed by atoms with E-state index in [1.807, 2.05) is 0 Å². The van der Waals surface area contributed by atoms with Gasteiger partial charge in [-0.2, -0.15) is 0 Å². The van der Waals surface area contributed by atoms with E-state index in [-0.39, 0.29) is 48.1 Å². The maximum Gasteiger partial charge on any atom is 0.255 e. The summed E-state index contributed by atoms with van der Waals surface area (Å²) in [6.45, 7) is 0.0803. The second kappa shape index (κ2) is 10.1. The number of carbonyl (C=O) groups excluding carboxylic acids is 4. The number of Topliss-reactive ketones (excluding diaryl/α,β-unsaturated/α-hetero) is 3. The highest BCUT2D eigenvalue weighted by Crippen LogP contribution is 2.53. The van der Waals surface area contributed by atoms with Crippen molar-refractivity contribution in [3.05, 3.63) is 45.7 Å². The highest BCUT2D eigenvalue weighted by atomic mass is 16.3. The van der Waals surface area contributed by atoms with Crippen molar-refractivity contribution < 1.29 is 39.6 Å². The summed E-state index contributed by atoms with van der Waals surface area (Å²) < 4.78 is 0. The Labute approximate surface area is 231 Å². The smallest absolute Gasteiger partial charge is 0.255 e. The molecule has 0 spiro atoms. The quantitative estimate of drug-likeness (QED) is 0.219. The van der Waals surface area contributed by atoms with Gasteiger partial charge < -0.3 is 31.5 Å². The molecule has 5 rings (SSSR count). The summed E-state index contributed by atoms with van der Waals surface area (Å²) in [5.41, 5.74) is 2.14. The number of aromatic hydroxyl groups is 1. The van der Waals surface area contributed by atoms with Gasteiger partial charge in [0.2, 0.25) is 5.78 Å². The first kappa shape index (κ1) is 28.0. The van der Waals surface area contributed by atoms with Gasteiger partial charge in [0.15, 0.2) is 17.2 Å². The minimum Gasteiger partial charge on any atom is -0.508 e. The SMILES string of the molecule is CN(C)[C@@H]1C(=O)C(C(N)=O)=C(O)[C@@]2(O)C(=O)C3=C(O)c4c(O)ccc(C(=O)CNC5CCCCC5)c4C[C@H]3C[C@@H]12. The molecule has 1 amide bonds. The fourth-order valence-corrected chi connectivity index (χ4v) is 7.14. The zero-order chi connectivity index (χ0) is 29.1. The van der Waals surface area contributed by atoms with Crippen LogP contribution in [0.3, 0.4) is 0 Å². The third kappa shape index (κ3) is 4.15. The molecule has 0 saturated heterocycles. The number of aliphatic hydroxyl groups is 3. The van der Waals surface area contributed by atoms with Crippen LogP contribution in [0.15, 0.2) is 29.0 Å². The Morgan fingerprint density at radius 3 is 2.40 bits per heavy atom. The van der Waals surface area contributed by atoms with Crippen LogP contribution in [0.1, 0.15) is 60.0 Å². The number of nitrogens with one attached hydrogen (secondary N) is 1. The summed E-state index contributed by atoms with van der Waals surface area (Å²) in [6, 6.07) is 1.86. The summed E-state index contributed by atoms with van der Waals surface area (Å²) in [4.78, 5) is 54.0. The monoisotopic (exact) mass is 553 g/mol. The van der Waals surface area contributed by atoms with Gasteiger partial charge in [-0.3, -0.25) is 24.1 Å². The van der Waals surface area contributed by atoms with E-state index in [1.165, 1.54) is 23.5 Å². The molecule has 40 heavy (non-hydrogen) atoms. The molecule has 1 aromatic carbocycles. The number of phenolic OH excluding ortho intramolecular Hbond substituents is 1. The third-order valence-corrected chi connectivity index (χ3v) is 9.06. The van der Waals surface area contributed by atoms with Crippen LogP contribution in [0.5, 0.6) is 5.75 Å². The Morgan fingerprint density at radius 2 is 1.77 bits per heavy atom. The van der Waals surface area contributed by atoms with Gasteiger partial charge >= 0.3 is 0 Å². The van der Waals surface area contributed by atoms with Crippen LogP contribution >= 0.6 is 0 Å². The van der Waals surface area contributed by atoms with Crippen molar-refractivity contribution >= 4 is 29.0 Å². The van der Waals surface area contributed by atoms with E-state index >= 15 is 0 Å².